The fraction of sp³-hybridized carbons (Fsp3) is 0.448. The first kappa shape index (κ1) is 28.4. The number of hydrazone groups is 1. The van der Waals surface area contributed by atoms with Gasteiger partial charge in [0.15, 0.2) is 0 Å². The monoisotopic (exact) mass is 550 g/mol. The van der Waals surface area contributed by atoms with E-state index in [2.05, 4.69) is 54.8 Å². The second-order valence-electron chi connectivity index (χ2n) is 11.4. The van der Waals surface area contributed by atoms with Crippen LogP contribution < -0.4 is 20.7 Å². The average Bonchev–Trinajstić information content (AvgIpc) is 3.31. The molecule has 0 radical (unpaired) electrons. The second-order valence-corrected chi connectivity index (χ2v) is 11.8. The Kier molecular flexibility index (Phi) is 8.19. The minimum atomic E-state index is -0.191. The highest BCUT2D eigenvalue weighted by atomic mass is 35.5. The Bertz CT molecular complexity index is 1320. The van der Waals surface area contributed by atoms with E-state index in [0.29, 0.717) is 29.2 Å². The molecule has 0 bridgehead atoms. The molecule has 1 atom stereocenters. The van der Waals surface area contributed by atoms with Gasteiger partial charge < -0.3 is 20.7 Å². The highest BCUT2D eigenvalue weighted by Gasteiger charge is 2.38. The minimum Gasteiger partial charge on any atom is -0.454 e. The second kappa shape index (κ2) is 11.2. The van der Waals surface area contributed by atoms with Crippen LogP contribution in [-0.2, 0) is 4.79 Å². The number of ether oxygens (including phenoxy) is 1. The topological polar surface area (TPSA) is 119 Å². The number of nitriles is 1. The molecule has 10 heteroatoms. The number of likely N-dealkylation sites (N-methyl/N-ethyl adjacent to an activating group) is 1. The molecule has 0 aliphatic carbocycles. The van der Waals surface area contributed by atoms with Gasteiger partial charge >= 0.3 is 0 Å². The van der Waals surface area contributed by atoms with E-state index in [1.807, 2.05) is 6.07 Å². The molecule has 4 rings (SSSR count). The summed E-state index contributed by atoms with van der Waals surface area (Å²) in [4.78, 5) is 24.7. The molecular weight excluding hydrogens is 516 g/mol. The number of benzene rings is 2. The standard InChI is InChI=1S/C29H35ClN6O3/c1-28(2)12-20(13-29(3,4)35-28)34-27(38)18-9-10-25(23(30)11-18)39-24-8-6-7-21(22(24)14-31)19-15-33-36(16-19)17-26(37)32-5/h6-11,15,19-20,35H,12-13,16-17H2,1-5H3,(H,32,37)(H,34,38). The summed E-state index contributed by atoms with van der Waals surface area (Å²) in [6.45, 7) is 9.18. The van der Waals surface area contributed by atoms with Gasteiger partial charge in [0.1, 0.15) is 24.1 Å². The number of rotatable bonds is 7. The Morgan fingerprint density at radius 1 is 1.18 bits per heavy atom. The minimum absolute atomic E-state index is 0.0331. The van der Waals surface area contributed by atoms with Crippen molar-refractivity contribution in [2.45, 2.75) is 63.6 Å². The molecule has 9 nitrogen and oxygen atoms in total. The number of carbonyl (C=O) groups excluding carboxylic acids is 2. The number of hydrogen-bond donors (Lipinski definition) is 3. The summed E-state index contributed by atoms with van der Waals surface area (Å²) in [5, 5.41) is 25.5. The first-order valence-electron chi connectivity index (χ1n) is 13.0. The van der Waals surface area contributed by atoms with E-state index in [0.717, 1.165) is 18.4 Å². The lowest BCUT2D eigenvalue weighted by atomic mass is 9.79. The van der Waals surface area contributed by atoms with Gasteiger partial charge in [-0.15, -0.1) is 0 Å². The number of hydrogen-bond acceptors (Lipinski definition) is 7. The number of piperidine rings is 1. The molecular formula is C29H35ClN6O3. The molecule has 2 aliphatic rings. The van der Waals surface area contributed by atoms with Crippen LogP contribution in [0.2, 0.25) is 5.02 Å². The van der Waals surface area contributed by atoms with Crippen LogP contribution in [-0.4, -0.2) is 60.3 Å². The lowest BCUT2D eigenvalue weighted by Gasteiger charge is -2.46. The molecule has 1 unspecified atom stereocenters. The van der Waals surface area contributed by atoms with Crippen LogP contribution in [0.25, 0.3) is 0 Å². The normalized spacial score (nSPS) is 19.8. The number of nitrogens with zero attached hydrogens (tertiary/aromatic N) is 3. The third-order valence-corrected chi connectivity index (χ3v) is 7.23. The summed E-state index contributed by atoms with van der Waals surface area (Å²) in [5.41, 5.74) is 1.38. The van der Waals surface area contributed by atoms with Gasteiger partial charge in [0.05, 0.1) is 10.6 Å². The molecule has 39 heavy (non-hydrogen) atoms. The van der Waals surface area contributed by atoms with Crippen molar-refractivity contribution in [3.05, 3.63) is 58.1 Å². The molecule has 206 valence electrons. The Morgan fingerprint density at radius 2 is 1.90 bits per heavy atom. The van der Waals surface area contributed by atoms with Crippen molar-refractivity contribution in [1.29, 1.82) is 5.26 Å². The molecule has 0 saturated carbocycles. The van der Waals surface area contributed by atoms with Crippen LogP contribution >= 0.6 is 11.6 Å². The summed E-state index contributed by atoms with van der Waals surface area (Å²) in [6.07, 6.45) is 3.37. The van der Waals surface area contributed by atoms with Gasteiger partial charge in [-0.3, -0.25) is 14.6 Å². The molecule has 0 aromatic heterocycles. The third-order valence-electron chi connectivity index (χ3n) is 6.93. The van der Waals surface area contributed by atoms with E-state index < -0.39 is 0 Å². The summed E-state index contributed by atoms with van der Waals surface area (Å²) in [5.74, 6) is 0.196. The third kappa shape index (κ3) is 6.88. The van der Waals surface area contributed by atoms with Gasteiger partial charge in [0.25, 0.3) is 5.91 Å². The van der Waals surface area contributed by atoms with Crippen molar-refractivity contribution < 1.29 is 14.3 Å². The molecule has 0 spiro atoms. The fourth-order valence-electron chi connectivity index (χ4n) is 5.62. The zero-order chi connectivity index (χ0) is 28.4. The predicted molar refractivity (Wildman–Crippen MR) is 151 cm³/mol. The van der Waals surface area contributed by atoms with Crippen LogP contribution in [0.5, 0.6) is 11.5 Å². The Hall–Kier alpha value is -3.61. The van der Waals surface area contributed by atoms with Crippen LogP contribution in [0.1, 0.15) is 67.9 Å². The summed E-state index contributed by atoms with van der Waals surface area (Å²) in [6, 6.07) is 12.5. The molecule has 1 fully saturated rings. The van der Waals surface area contributed by atoms with E-state index in [-0.39, 0.29) is 46.4 Å². The molecule has 2 amide bonds. The van der Waals surface area contributed by atoms with Gasteiger partial charge in [-0.05, 0) is 70.4 Å². The molecule has 2 aromatic carbocycles. The van der Waals surface area contributed by atoms with Gasteiger partial charge in [0, 0.05) is 48.4 Å². The zero-order valence-electron chi connectivity index (χ0n) is 23.0. The molecule has 2 aliphatic heterocycles. The quantitative estimate of drug-likeness (QED) is 0.476. The van der Waals surface area contributed by atoms with E-state index in [1.54, 1.807) is 48.6 Å². The van der Waals surface area contributed by atoms with Crippen molar-refractivity contribution in [2.24, 2.45) is 5.10 Å². The number of amides is 2. The van der Waals surface area contributed by atoms with Gasteiger partial charge in [-0.1, -0.05) is 23.7 Å². The lowest BCUT2D eigenvalue weighted by Crippen LogP contribution is -2.62. The largest absolute Gasteiger partial charge is 0.454 e. The number of halogens is 1. The summed E-state index contributed by atoms with van der Waals surface area (Å²) < 4.78 is 6.06. The van der Waals surface area contributed by atoms with Crippen molar-refractivity contribution in [3.63, 3.8) is 0 Å². The van der Waals surface area contributed by atoms with Crippen LogP contribution in [0.15, 0.2) is 41.5 Å². The van der Waals surface area contributed by atoms with Crippen LogP contribution in [0, 0.1) is 11.3 Å². The average molecular weight is 551 g/mol. The van der Waals surface area contributed by atoms with Gasteiger partial charge in [0.2, 0.25) is 5.91 Å². The summed E-state index contributed by atoms with van der Waals surface area (Å²) in [7, 11) is 1.58. The Morgan fingerprint density at radius 3 is 2.54 bits per heavy atom. The van der Waals surface area contributed by atoms with Gasteiger partial charge in [-0.25, -0.2) is 0 Å². The van der Waals surface area contributed by atoms with E-state index in [9.17, 15) is 14.9 Å². The molecule has 3 N–H and O–H groups in total. The Labute approximate surface area is 234 Å². The molecule has 2 heterocycles. The van der Waals surface area contributed by atoms with E-state index >= 15 is 0 Å². The summed E-state index contributed by atoms with van der Waals surface area (Å²) >= 11 is 6.54. The molecule has 2 aromatic rings. The maximum absolute atomic E-state index is 13.0. The number of carbonyl (C=O) groups is 2. The predicted octanol–water partition coefficient (Wildman–Crippen LogP) is 4.17. The maximum atomic E-state index is 13.0. The van der Waals surface area contributed by atoms with Crippen molar-refractivity contribution in [1.82, 2.24) is 21.0 Å². The number of nitrogens with one attached hydrogen (secondary N) is 3. The first-order chi connectivity index (χ1) is 18.4. The molecule has 1 saturated heterocycles. The van der Waals surface area contributed by atoms with Crippen LogP contribution in [0.4, 0.5) is 0 Å². The smallest absolute Gasteiger partial charge is 0.251 e. The van der Waals surface area contributed by atoms with E-state index in [4.69, 9.17) is 16.3 Å². The highest BCUT2D eigenvalue weighted by molar-refractivity contribution is 6.32. The lowest BCUT2D eigenvalue weighted by molar-refractivity contribution is -0.121. The maximum Gasteiger partial charge on any atom is 0.251 e. The van der Waals surface area contributed by atoms with Crippen molar-refractivity contribution >= 4 is 29.6 Å². The van der Waals surface area contributed by atoms with Gasteiger partial charge in [-0.2, -0.15) is 10.4 Å². The fourth-order valence-corrected chi connectivity index (χ4v) is 5.84. The SMILES string of the molecule is CNC(=O)CN1CC(c2cccc(Oc3ccc(C(=O)NC4CC(C)(C)NC(C)(C)C4)cc3Cl)c2C#N)C=N1. The highest BCUT2D eigenvalue weighted by Crippen LogP contribution is 2.36. The van der Waals surface area contributed by atoms with Crippen LogP contribution in [0.3, 0.4) is 0 Å². The Balaban J connectivity index is 1.47. The van der Waals surface area contributed by atoms with E-state index in [1.165, 1.54) is 0 Å². The van der Waals surface area contributed by atoms with Crippen molar-refractivity contribution in [2.75, 3.05) is 20.1 Å². The zero-order valence-corrected chi connectivity index (χ0v) is 23.7. The van der Waals surface area contributed by atoms with Crippen molar-refractivity contribution in [3.8, 4) is 17.6 Å². The first-order valence-corrected chi connectivity index (χ1v) is 13.4.